The Morgan fingerprint density at radius 1 is 1.40 bits per heavy atom. The predicted molar refractivity (Wildman–Crippen MR) is 80.8 cm³/mol. The minimum Gasteiger partial charge on any atom is -0.481 e. The molecule has 0 aromatic heterocycles. The minimum absolute atomic E-state index is 0.150. The van der Waals surface area contributed by atoms with Crippen molar-refractivity contribution in [2.45, 2.75) is 51.6 Å². The van der Waals surface area contributed by atoms with E-state index in [-0.39, 0.29) is 5.92 Å². The molecule has 0 saturated carbocycles. The van der Waals surface area contributed by atoms with E-state index in [1.54, 1.807) is 0 Å². The second kappa shape index (κ2) is 6.89. The lowest BCUT2D eigenvalue weighted by molar-refractivity contribution is -0.144. The quantitative estimate of drug-likeness (QED) is 0.897. The normalized spacial score (nSPS) is 25.3. The van der Waals surface area contributed by atoms with Gasteiger partial charge in [-0.2, -0.15) is 0 Å². The van der Waals surface area contributed by atoms with Gasteiger partial charge in [-0.25, -0.2) is 0 Å². The summed E-state index contributed by atoms with van der Waals surface area (Å²) in [4.78, 5) is 13.5. The van der Waals surface area contributed by atoms with E-state index < -0.39 is 5.97 Å². The molecule has 1 N–H and O–H groups in total. The number of aliphatic carboxylic acids is 1. The van der Waals surface area contributed by atoms with Gasteiger partial charge in [-0.15, -0.1) is 0 Å². The molecule has 1 aromatic carbocycles. The Morgan fingerprint density at radius 3 is 2.70 bits per heavy atom. The highest BCUT2D eigenvalue weighted by Gasteiger charge is 2.31. The molecule has 1 aromatic rings. The van der Waals surface area contributed by atoms with Gasteiger partial charge in [-0.05, 0) is 51.6 Å². The first-order valence-electron chi connectivity index (χ1n) is 7.60. The summed E-state index contributed by atoms with van der Waals surface area (Å²) < 4.78 is 0. The molecule has 20 heavy (non-hydrogen) atoms. The Morgan fingerprint density at radius 2 is 2.10 bits per heavy atom. The molecule has 0 aliphatic carbocycles. The van der Waals surface area contributed by atoms with Crippen LogP contribution < -0.4 is 0 Å². The van der Waals surface area contributed by atoms with Gasteiger partial charge in [-0.1, -0.05) is 30.3 Å². The lowest BCUT2D eigenvalue weighted by atomic mass is 9.90. The Hall–Kier alpha value is -1.35. The zero-order chi connectivity index (χ0) is 14.5. The predicted octanol–water partition coefficient (Wildman–Crippen LogP) is 3.19. The van der Waals surface area contributed by atoms with Crippen molar-refractivity contribution in [2.24, 2.45) is 5.92 Å². The van der Waals surface area contributed by atoms with Crippen molar-refractivity contribution in [1.82, 2.24) is 4.90 Å². The summed E-state index contributed by atoms with van der Waals surface area (Å²) >= 11 is 0. The number of carbonyl (C=O) groups is 1. The topological polar surface area (TPSA) is 40.5 Å². The molecule has 2 rings (SSSR count). The van der Waals surface area contributed by atoms with Gasteiger partial charge >= 0.3 is 5.97 Å². The number of nitrogens with zero attached hydrogens (tertiary/aromatic N) is 1. The van der Waals surface area contributed by atoms with E-state index in [1.807, 2.05) is 6.07 Å². The molecule has 3 unspecified atom stereocenters. The van der Waals surface area contributed by atoms with E-state index in [2.05, 4.69) is 43.0 Å². The molecule has 3 nitrogen and oxygen atoms in total. The van der Waals surface area contributed by atoms with Crippen LogP contribution in [0.4, 0.5) is 0 Å². The Balaban J connectivity index is 1.84. The summed E-state index contributed by atoms with van der Waals surface area (Å²) in [6.07, 6.45) is 3.79. The van der Waals surface area contributed by atoms with Crippen LogP contribution in [-0.2, 0) is 11.2 Å². The number of piperidine rings is 1. The Bertz CT molecular complexity index is 432. The summed E-state index contributed by atoms with van der Waals surface area (Å²) in [5.74, 6) is -0.781. The summed E-state index contributed by atoms with van der Waals surface area (Å²) in [7, 11) is 0. The van der Waals surface area contributed by atoms with Crippen LogP contribution in [0, 0.1) is 5.92 Å². The molecular formula is C17H25NO2. The van der Waals surface area contributed by atoms with Gasteiger partial charge in [0.25, 0.3) is 0 Å². The van der Waals surface area contributed by atoms with Crippen molar-refractivity contribution >= 4 is 5.97 Å². The Labute approximate surface area is 121 Å². The van der Waals surface area contributed by atoms with Gasteiger partial charge < -0.3 is 5.11 Å². The molecule has 1 aliphatic heterocycles. The van der Waals surface area contributed by atoms with Crippen molar-refractivity contribution in [2.75, 3.05) is 6.54 Å². The third-order valence-electron chi connectivity index (χ3n) is 4.54. The molecule has 1 fully saturated rings. The van der Waals surface area contributed by atoms with Crippen LogP contribution in [0.25, 0.3) is 0 Å². The van der Waals surface area contributed by atoms with E-state index >= 15 is 0 Å². The molecule has 0 bridgehead atoms. The fourth-order valence-electron chi connectivity index (χ4n) is 3.26. The number of hydrogen-bond donors (Lipinski definition) is 1. The van der Waals surface area contributed by atoms with E-state index in [1.165, 1.54) is 5.56 Å². The van der Waals surface area contributed by atoms with Crippen molar-refractivity contribution < 1.29 is 9.90 Å². The smallest absolute Gasteiger partial charge is 0.306 e. The van der Waals surface area contributed by atoms with E-state index in [0.717, 1.165) is 32.2 Å². The zero-order valence-corrected chi connectivity index (χ0v) is 12.5. The molecule has 3 heteroatoms. The lowest BCUT2D eigenvalue weighted by Crippen LogP contribution is -2.47. The first kappa shape index (κ1) is 15.0. The fourth-order valence-corrected chi connectivity index (χ4v) is 3.26. The van der Waals surface area contributed by atoms with Gasteiger partial charge in [0.2, 0.25) is 0 Å². The summed E-state index contributed by atoms with van der Waals surface area (Å²) in [5.41, 5.74) is 1.38. The van der Waals surface area contributed by atoms with Crippen LogP contribution in [-0.4, -0.2) is 34.6 Å². The second-order valence-corrected chi connectivity index (χ2v) is 6.02. The van der Waals surface area contributed by atoms with Crippen molar-refractivity contribution in [1.29, 1.82) is 0 Å². The SMILES string of the molecule is CC(CCc1ccccc1)N1CCC(C(=O)O)CC1C. The maximum absolute atomic E-state index is 11.1. The summed E-state index contributed by atoms with van der Waals surface area (Å²) in [6, 6.07) is 11.4. The maximum Gasteiger partial charge on any atom is 0.306 e. The van der Waals surface area contributed by atoms with Gasteiger partial charge in [0.15, 0.2) is 0 Å². The standard InChI is InChI=1S/C17H25NO2/c1-13(8-9-15-6-4-3-5-7-15)18-11-10-16(17(19)20)12-14(18)2/h3-7,13-14,16H,8-12H2,1-2H3,(H,19,20). The third kappa shape index (κ3) is 3.83. The van der Waals surface area contributed by atoms with Crippen LogP contribution >= 0.6 is 0 Å². The minimum atomic E-state index is -0.631. The molecular weight excluding hydrogens is 250 g/mol. The third-order valence-corrected chi connectivity index (χ3v) is 4.54. The molecule has 0 spiro atoms. The average molecular weight is 275 g/mol. The number of benzene rings is 1. The highest BCUT2D eigenvalue weighted by Crippen LogP contribution is 2.26. The maximum atomic E-state index is 11.1. The highest BCUT2D eigenvalue weighted by molar-refractivity contribution is 5.70. The molecule has 3 atom stereocenters. The summed E-state index contributed by atoms with van der Waals surface area (Å²) in [5, 5.41) is 9.11. The summed E-state index contributed by atoms with van der Waals surface area (Å²) in [6.45, 7) is 5.34. The fraction of sp³-hybridized carbons (Fsp3) is 0.588. The molecule has 1 saturated heterocycles. The van der Waals surface area contributed by atoms with Gasteiger partial charge in [-0.3, -0.25) is 9.69 Å². The van der Waals surface area contributed by atoms with E-state index in [4.69, 9.17) is 5.11 Å². The van der Waals surface area contributed by atoms with Crippen LogP contribution in [0.2, 0.25) is 0 Å². The number of hydrogen-bond acceptors (Lipinski definition) is 2. The lowest BCUT2D eigenvalue weighted by Gasteiger charge is -2.40. The van der Waals surface area contributed by atoms with Crippen LogP contribution in [0.15, 0.2) is 30.3 Å². The number of likely N-dealkylation sites (tertiary alicyclic amines) is 1. The average Bonchev–Trinajstić information content (AvgIpc) is 2.45. The van der Waals surface area contributed by atoms with Gasteiger partial charge in [0, 0.05) is 12.1 Å². The Kier molecular flexibility index (Phi) is 5.18. The first-order chi connectivity index (χ1) is 9.58. The molecule has 0 radical (unpaired) electrons. The molecule has 0 amide bonds. The number of rotatable bonds is 5. The highest BCUT2D eigenvalue weighted by atomic mass is 16.4. The van der Waals surface area contributed by atoms with Crippen LogP contribution in [0.1, 0.15) is 38.7 Å². The van der Waals surface area contributed by atoms with E-state index in [9.17, 15) is 4.79 Å². The second-order valence-electron chi connectivity index (χ2n) is 6.02. The van der Waals surface area contributed by atoms with Crippen molar-refractivity contribution in [3.63, 3.8) is 0 Å². The van der Waals surface area contributed by atoms with Crippen LogP contribution in [0.3, 0.4) is 0 Å². The van der Waals surface area contributed by atoms with Crippen LogP contribution in [0.5, 0.6) is 0 Å². The van der Waals surface area contributed by atoms with Crippen molar-refractivity contribution in [3.8, 4) is 0 Å². The van der Waals surface area contributed by atoms with Crippen molar-refractivity contribution in [3.05, 3.63) is 35.9 Å². The number of carboxylic acid groups (broad SMARTS) is 1. The molecule has 110 valence electrons. The number of aryl methyl sites for hydroxylation is 1. The number of carboxylic acids is 1. The molecule has 1 aliphatic rings. The first-order valence-corrected chi connectivity index (χ1v) is 7.60. The van der Waals surface area contributed by atoms with Gasteiger partial charge in [0.1, 0.15) is 0 Å². The van der Waals surface area contributed by atoms with Gasteiger partial charge in [0.05, 0.1) is 5.92 Å². The zero-order valence-electron chi connectivity index (χ0n) is 12.5. The molecule has 1 heterocycles. The largest absolute Gasteiger partial charge is 0.481 e. The monoisotopic (exact) mass is 275 g/mol. The van der Waals surface area contributed by atoms with E-state index in [0.29, 0.717) is 12.1 Å².